The standard InChI is InChI=1S/C20H17N5O4S3/c1-11-4-3-5-12(8-11)21-18(27)25-19-23-15(10-30-19)17(26)24-20-22-14-7-6-13(32(2,28)29)9-16(14)31-20/h3-10H,1-2H3,(H,22,24,26)(H2,21,23,25,27). The molecule has 2 aromatic heterocycles. The minimum absolute atomic E-state index is 0.122. The predicted octanol–water partition coefficient (Wildman–Crippen LogP) is 4.36. The van der Waals surface area contributed by atoms with Gasteiger partial charge in [-0.25, -0.2) is 23.2 Å². The Morgan fingerprint density at radius 3 is 2.53 bits per heavy atom. The van der Waals surface area contributed by atoms with Gasteiger partial charge in [-0.2, -0.15) is 0 Å². The van der Waals surface area contributed by atoms with Gasteiger partial charge in [-0.05, 0) is 42.8 Å². The quantitative estimate of drug-likeness (QED) is 0.383. The Morgan fingerprint density at radius 2 is 1.78 bits per heavy atom. The molecule has 0 unspecified atom stereocenters. The number of rotatable bonds is 5. The molecular formula is C20H17N5O4S3. The molecule has 0 aliphatic rings. The average molecular weight is 488 g/mol. The number of hydrogen-bond donors (Lipinski definition) is 3. The average Bonchev–Trinajstić information content (AvgIpc) is 3.32. The van der Waals surface area contributed by atoms with Gasteiger partial charge in [0.15, 0.2) is 20.1 Å². The van der Waals surface area contributed by atoms with Crippen LogP contribution < -0.4 is 16.0 Å². The molecule has 4 rings (SSSR count). The number of sulfone groups is 1. The highest BCUT2D eigenvalue weighted by Crippen LogP contribution is 2.28. The number of urea groups is 1. The molecule has 2 aromatic carbocycles. The van der Waals surface area contributed by atoms with Crippen molar-refractivity contribution in [1.29, 1.82) is 0 Å². The summed E-state index contributed by atoms with van der Waals surface area (Å²) in [5.74, 6) is -0.490. The lowest BCUT2D eigenvalue weighted by Gasteiger charge is -2.05. The van der Waals surface area contributed by atoms with Gasteiger partial charge >= 0.3 is 6.03 Å². The molecule has 0 fully saturated rings. The van der Waals surface area contributed by atoms with Crippen molar-refractivity contribution in [1.82, 2.24) is 9.97 Å². The minimum Gasteiger partial charge on any atom is -0.308 e. The topological polar surface area (TPSA) is 130 Å². The number of carbonyl (C=O) groups excluding carboxylic acids is 2. The molecule has 0 spiro atoms. The van der Waals surface area contributed by atoms with Crippen LogP contribution in [0, 0.1) is 6.92 Å². The number of amides is 3. The van der Waals surface area contributed by atoms with Crippen LogP contribution in [0.15, 0.2) is 52.7 Å². The molecule has 4 aromatic rings. The van der Waals surface area contributed by atoms with E-state index in [0.29, 0.717) is 21.0 Å². The van der Waals surface area contributed by atoms with Crippen LogP contribution in [-0.2, 0) is 9.84 Å². The van der Waals surface area contributed by atoms with Gasteiger partial charge < -0.3 is 5.32 Å². The molecule has 0 atom stereocenters. The summed E-state index contributed by atoms with van der Waals surface area (Å²) in [6.07, 6.45) is 1.13. The molecule has 9 nitrogen and oxygen atoms in total. The van der Waals surface area contributed by atoms with E-state index in [-0.39, 0.29) is 15.7 Å². The van der Waals surface area contributed by atoms with E-state index in [1.165, 1.54) is 17.5 Å². The largest absolute Gasteiger partial charge is 0.325 e. The molecule has 3 N–H and O–H groups in total. The van der Waals surface area contributed by atoms with E-state index in [4.69, 9.17) is 0 Å². The van der Waals surface area contributed by atoms with E-state index in [1.807, 2.05) is 25.1 Å². The predicted molar refractivity (Wildman–Crippen MR) is 127 cm³/mol. The van der Waals surface area contributed by atoms with E-state index < -0.39 is 21.8 Å². The maximum atomic E-state index is 12.5. The van der Waals surface area contributed by atoms with Crippen molar-refractivity contribution in [3.63, 3.8) is 0 Å². The molecule has 0 radical (unpaired) electrons. The van der Waals surface area contributed by atoms with Gasteiger partial charge in [0.1, 0.15) is 5.69 Å². The Hall–Kier alpha value is -3.35. The third-order valence-corrected chi connectivity index (χ3v) is 7.04. The molecule has 0 bridgehead atoms. The van der Waals surface area contributed by atoms with Crippen LogP contribution in [0.1, 0.15) is 16.1 Å². The summed E-state index contributed by atoms with van der Waals surface area (Å²) in [5, 5.41) is 10.1. The summed E-state index contributed by atoms with van der Waals surface area (Å²) in [6.45, 7) is 1.92. The van der Waals surface area contributed by atoms with Crippen LogP contribution in [0.5, 0.6) is 0 Å². The van der Waals surface area contributed by atoms with Crippen LogP contribution >= 0.6 is 22.7 Å². The second-order valence-corrected chi connectivity index (χ2v) is 10.8. The molecule has 3 amide bonds. The number of nitrogens with one attached hydrogen (secondary N) is 3. The van der Waals surface area contributed by atoms with E-state index in [9.17, 15) is 18.0 Å². The molecule has 32 heavy (non-hydrogen) atoms. The van der Waals surface area contributed by atoms with Crippen molar-refractivity contribution in [3.8, 4) is 0 Å². The Bertz CT molecular complexity index is 1440. The third kappa shape index (κ3) is 5.10. The number of hydrogen-bond acceptors (Lipinski definition) is 8. The molecule has 0 aliphatic heterocycles. The highest BCUT2D eigenvalue weighted by Gasteiger charge is 2.16. The minimum atomic E-state index is -3.34. The lowest BCUT2D eigenvalue weighted by atomic mass is 10.2. The lowest BCUT2D eigenvalue weighted by molar-refractivity contribution is 0.102. The van der Waals surface area contributed by atoms with Gasteiger partial charge in [-0.15, -0.1) is 11.3 Å². The Balaban J connectivity index is 1.42. The molecular weight excluding hydrogens is 470 g/mol. The van der Waals surface area contributed by atoms with Gasteiger partial charge in [-0.1, -0.05) is 23.5 Å². The zero-order valence-electron chi connectivity index (χ0n) is 16.9. The Kier molecular flexibility index (Phi) is 5.91. The van der Waals surface area contributed by atoms with Gasteiger partial charge in [0.2, 0.25) is 0 Å². The molecule has 164 valence electrons. The van der Waals surface area contributed by atoms with E-state index in [2.05, 4.69) is 25.9 Å². The summed E-state index contributed by atoms with van der Waals surface area (Å²) in [5.41, 5.74) is 2.35. The SMILES string of the molecule is Cc1cccc(NC(=O)Nc2nc(C(=O)Nc3nc4ccc(S(C)(=O)=O)cc4s3)cs2)c1. The first-order valence-corrected chi connectivity index (χ1v) is 12.8. The maximum Gasteiger partial charge on any atom is 0.325 e. The zero-order chi connectivity index (χ0) is 22.9. The van der Waals surface area contributed by atoms with Crippen molar-refractivity contribution in [2.75, 3.05) is 22.2 Å². The Morgan fingerprint density at radius 1 is 0.969 bits per heavy atom. The monoisotopic (exact) mass is 487 g/mol. The second kappa shape index (κ2) is 8.65. The highest BCUT2D eigenvalue weighted by molar-refractivity contribution is 7.90. The maximum absolute atomic E-state index is 12.5. The molecule has 12 heteroatoms. The van der Waals surface area contributed by atoms with E-state index in [1.54, 1.807) is 12.1 Å². The van der Waals surface area contributed by atoms with Crippen LogP contribution in [0.2, 0.25) is 0 Å². The number of thiazole rings is 2. The fourth-order valence-electron chi connectivity index (χ4n) is 2.77. The summed E-state index contributed by atoms with van der Waals surface area (Å²) < 4.78 is 24.1. The summed E-state index contributed by atoms with van der Waals surface area (Å²) >= 11 is 2.27. The number of aromatic nitrogens is 2. The van der Waals surface area contributed by atoms with Gasteiger partial charge in [0.05, 0.1) is 15.1 Å². The van der Waals surface area contributed by atoms with Crippen molar-refractivity contribution in [2.45, 2.75) is 11.8 Å². The summed E-state index contributed by atoms with van der Waals surface area (Å²) in [7, 11) is -3.34. The first kappa shape index (κ1) is 21.9. The third-order valence-electron chi connectivity index (χ3n) is 4.24. The van der Waals surface area contributed by atoms with E-state index >= 15 is 0 Å². The summed E-state index contributed by atoms with van der Waals surface area (Å²) in [6, 6.07) is 11.5. The summed E-state index contributed by atoms with van der Waals surface area (Å²) in [4.78, 5) is 33.3. The van der Waals surface area contributed by atoms with E-state index in [0.717, 1.165) is 34.5 Å². The van der Waals surface area contributed by atoms with Gasteiger partial charge in [-0.3, -0.25) is 15.4 Å². The molecule has 0 saturated carbocycles. The van der Waals surface area contributed by atoms with Gasteiger partial charge in [0.25, 0.3) is 5.91 Å². The first-order chi connectivity index (χ1) is 15.2. The van der Waals surface area contributed by atoms with Crippen molar-refractivity contribution < 1.29 is 18.0 Å². The second-order valence-electron chi connectivity index (χ2n) is 6.86. The number of anilines is 3. The van der Waals surface area contributed by atoms with Crippen LogP contribution in [-0.4, -0.2) is 36.6 Å². The lowest BCUT2D eigenvalue weighted by Crippen LogP contribution is -2.19. The molecule has 0 aliphatic carbocycles. The normalized spacial score (nSPS) is 11.3. The molecule has 2 heterocycles. The Labute approximate surface area is 191 Å². The molecule has 0 saturated heterocycles. The fraction of sp³-hybridized carbons (Fsp3) is 0.100. The van der Waals surface area contributed by atoms with Crippen molar-refractivity contribution in [3.05, 3.63) is 59.1 Å². The number of aryl methyl sites for hydroxylation is 1. The fourth-order valence-corrected chi connectivity index (χ4v) is 5.08. The number of carbonyl (C=O) groups is 2. The first-order valence-electron chi connectivity index (χ1n) is 9.19. The highest BCUT2D eigenvalue weighted by atomic mass is 32.2. The van der Waals surface area contributed by atoms with Crippen LogP contribution in [0.25, 0.3) is 10.2 Å². The zero-order valence-corrected chi connectivity index (χ0v) is 19.3. The van der Waals surface area contributed by atoms with Crippen LogP contribution in [0.3, 0.4) is 0 Å². The van der Waals surface area contributed by atoms with Gasteiger partial charge in [0, 0.05) is 17.3 Å². The number of benzene rings is 2. The number of fused-ring (bicyclic) bond motifs is 1. The number of nitrogens with zero attached hydrogens (tertiary/aromatic N) is 2. The van der Waals surface area contributed by atoms with Crippen molar-refractivity contribution in [2.24, 2.45) is 0 Å². The van der Waals surface area contributed by atoms with Crippen LogP contribution in [0.4, 0.5) is 20.7 Å². The smallest absolute Gasteiger partial charge is 0.308 e. The van der Waals surface area contributed by atoms with Crippen molar-refractivity contribution >= 4 is 70.6 Å².